The van der Waals surface area contributed by atoms with E-state index in [1.54, 1.807) is 0 Å². The second kappa shape index (κ2) is 28.3. The van der Waals surface area contributed by atoms with Crippen LogP contribution in [0.15, 0.2) is 0 Å². The normalized spacial score (nSPS) is 0. The molecule has 0 N–H and O–H groups in total. The van der Waals surface area contributed by atoms with Crippen LogP contribution in [0.4, 0.5) is 0 Å². The first kappa shape index (κ1) is 44.1. The number of hydrogen-bond acceptors (Lipinski definition) is 0. The minimum absolute atomic E-state index is 0. The molecule has 5 heteroatoms. The molecule has 0 aliphatic heterocycles. The van der Waals surface area contributed by atoms with Gasteiger partial charge in [0, 0.05) is 53.6 Å². The third kappa shape index (κ3) is 19.6. The van der Waals surface area contributed by atoms with Crippen molar-refractivity contribution in [2.75, 3.05) is 0 Å². The Labute approximate surface area is 92.3 Å². The summed E-state index contributed by atoms with van der Waals surface area (Å²) >= 11 is 0. The summed E-state index contributed by atoms with van der Waals surface area (Å²) in [7, 11) is 0. The molecule has 0 fully saturated rings. The number of rotatable bonds is 0. The molecule has 0 unspecified atom stereocenters. The summed E-state index contributed by atoms with van der Waals surface area (Å²) in [6.07, 6.45) is 0. The van der Waals surface area contributed by atoms with Crippen LogP contribution in [0.2, 0.25) is 0 Å². The molecule has 0 nitrogen and oxygen atoms in total. The minimum Gasteiger partial charge on any atom is 0 e. The molecule has 29 valence electrons. The van der Waals surface area contributed by atoms with Gasteiger partial charge in [0.05, 0.1) is 0 Å². The molecule has 0 aromatic heterocycles. The predicted molar refractivity (Wildman–Crippen MR) is 17.1 cm³/mol. The first-order valence-corrected chi connectivity index (χ1v) is 0. The maximum absolute atomic E-state index is 0. The van der Waals surface area contributed by atoms with Crippen molar-refractivity contribution in [2.24, 2.45) is 0 Å². The molecule has 0 bridgehead atoms. The van der Waals surface area contributed by atoms with Crippen molar-refractivity contribution in [3.8, 4) is 0 Å². The second-order valence-electron chi connectivity index (χ2n) is 0. The molecule has 0 atom stereocenters. The molecular weight excluding hydrogens is 279 g/mol. The Balaban J connectivity index is 0. The van der Waals surface area contributed by atoms with Crippen LogP contribution in [0.5, 0.6) is 0 Å². The van der Waals surface area contributed by atoms with Gasteiger partial charge in [0.1, 0.15) is 0 Å². The first-order chi connectivity index (χ1) is 0. The van der Waals surface area contributed by atoms with Gasteiger partial charge in [0.15, 0.2) is 0 Å². The van der Waals surface area contributed by atoms with E-state index in [2.05, 4.69) is 0 Å². The van der Waals surface area contributed by atoms with Gasteiger partial charge in [-0.25, -0.2) is 0 Å². The molecule has 0 saturated carbocycles. The van der Waals surface area contributed by atoms with Crippen molar-refractivity contribution < 1.29 is 53.6 Å². The van der Waals surface area contributed by atoms with Crippen LogP contribution in [0.25, 0.3) is 0 Å². The average molecular weight is 283 g/mol. The van der Waals surface area contributed by atoms with Crippen LogP contribution in [0, 0.1) is 0 Å². The molecule has 0 aromatic rings. The molecule has 0 spiro atoms. The van der Waals surface area contributed by atoms with Gasteiger partial charge in [-0.05, 0) is 0 Å². The van der Waals surface area contributed by atoms with Crippen molar-refractivity contribution in [1.29, 1.82) is 0 Å². The van der Waals surface area contributed by atoms with E-state index in [0.717, 1.165) is 0 Å². The van der Waals surface area contributed by atoms with E-state index in [1.807, 2.05) is 0 Å². The fraction of sp³-hybridized carbons (Fsp3) is 0. The maximum atomic E-state index is 0. The second-order valence-corrected chi connectivity index (χ2v) is 0. The van der Waals surface area contributed by atoms with Crippen molar-refractivity contribution in [1.82, 2.24) is 0 Å². The van der Waals surface area contributed by atoms with Gasteiger partial charge < -0.3 is 0 Å². The minimum atomic E-state index is 0. The summed E-state index contributed by atoms with van der Waals surface area (Å²) in [6.45, 7) is 0. The van der Waals surface area contributed by atoms with Crippen LogP contribution >= 0.6 is 0 Å². The molecule has 0 rings (SSSR count). The molecule has 0 aliphatic rings. The van der Waals surface area contributed by atoms with E-state index in [-0.39, 0.29) is 93.7 Å². The van der Waals surface area contributed by atoms with E-state index in [9.17, 15) is 0 Å². The van der Waals surface area contributed by atoms with Crippen LogP contribution < -0.4 is 0 Å². The standard InChI is InChI=1S/Fe.Mg.Mn.H2Se.Zn.2H/h;;;1H2;;;. The monoisotopic (exact) mass is 283 g/mol. The third-order valence-electron chi connectivity index (χ3n) is 0. The van der Waals surface area contributed by atoms with Crippen molar-refractivity contribution in [3.05, 3.63) is 0 Å². The van der Waals surface area contributed by atoms with Crippen molar-refractivity contribution >= 4 is 40.1 Å². The number of hydrogen-bond donors (Lipinski definition) is 0. The van der Waals surface area contributed by atoms with Crippen LogP contribution in [0.3, 0.4) is 0 Å². The zero-order chi connectivity index (χ0) is 0. The Bertz CT molecular complexity index is 11.6. The fourth-order valence-corrected chi connectivity index (χ4v) is 0. The molecule has 1 radical (unpaired) electrons. The molecule has 0 heterocycles. The molecular formula is H4FeMgMnSeZn. The Hall–Kier alpha value is 2.95. The van der Waals surface area contributed by atoms with Crippen LogP contribution in [-0.4, -0.2) is 40.1 Å². The van der Waals surface area contributed by atoms with E-state index in [0.29, 0.717) is 0 Å². The van der Waals surface area contributed by atoms with Gasteiger partial charge in [-0.1, -0.05) is 0 Å². The SMILES string of the molecule is [Fe].[MgH2].[Mn].[SeH2].[Zn]. The summed E-state index contributed by atoms with van der Waals surface area (Å²) in [6, 6.07) is 0. The predicted octanol–water partition coefficient (Wildman–Crippen LogP) is -1.84. The summed E-state index contributed by atoms with van der Waals surface area (Å²) < 4.78 is 0. The van der Waals surface area contributed by atoms with E-state index < -0.39 is 0 Å². The summed E-state index contributed by atoms with van der Waals surface area (Å²) in [5.41, 5.74) is 0. The zero-order valence-corrected chi connectivity index (χ0v) is 9.29. The van der Waals surface area contributed by atoms with E-state index >= 15 is 0 Å². The average Bonchev–Trinajstić information content (AvgIpc) is 0. The molecule has 0 aliphatic carbocycles. The van der Waals surface area contributed by atoms with Gasteiger partial charge in [0.2, 0.25) is 0 Å². The Morgan fingerprint density at radius 3 is 1.00 bits per heavy atom. The molecule has 5 heavy (non-hydrogen) atoms. The molecule has 0 saturated heterocycles. The molecule has 0 aromatic carbocycles. The van der Waals surface area contributed by atoms with Gasteiger partial charge in [-0.15, -0.1) is 0 Å². The maximum Gasteiger partial charge on any atom is 0 e. The van der Waals surface area contributed by atoms with Gasteiger partial charge in [-0.2, -0.15) is 0 Å². The van der Waals surface area contributed by atoms with E-state index in [1.165, 1.54) is 0 Å². The largest absolute Gasteiger partial charge is 0 e. The van der Waals surface area contributed by atoms with Crippen molar-refractivity contribution in [3.63, 3.8) is 0 Å². The smallest absolute Gasteiger partial charge is 0 e. The summed E-state index contributed by atoms with van der Waals surface area (Å²) in [5, 5.41) is 0. The zero-order valence-electron chi connectivity index (χ0n) is 1.94. The fourth-order valence-electron chi connectivity index (χ4n) is 0. The Kier molecular flexibility index (Phi) is 250. The first-order valence-electron chi connectivity index (χ1n) is 0. The molecule has 0 amide bonds. The van der Waals surface area contributed by atoms with Gasteiger partial charge >= 0.3 is 40.1 Å². The third-order valence-corrected chi connectivity index (χ3v) is 0. The summed E-state index contributed by atoms with van der Waals surface area (Å²) in [5.74, 6) is 0. The van der Waals surface area contributed by atoms with Gasteiger partial charge in [0.25, 0.3) is 0 Å². The Morgan fingerprint density at radius 1 is 1.00 bits per heavy atom. The Morgan fingerprint density at radius 2 is 1.00 bits per heavy atom. The van der Waals surface area contributed by atoms with Crippen LogP contribution in [0.1, 0.15) is 0 Å². The summed E-state index contributed by atoms with van der Waals surface area (Å²) in [4.78, 5) is 0. The topological polar surface area (TPSA) is 0 Å². The van der Waals surface area contributed by atoms with Crippen LogP contribution in [-0.2, 0) is 53.6 Å². The van der Waals surface area contributed by atoms with E-state index in [4.69, 9.17) is 0 Å². The quantitative estimate of drug-likeness (QED) is 0.459. The van der Waals surface area contributed by atoms with Crippen molar-refractivity contribution in [2.45, 2.75) is 0 Å². The van der Waals surface area contributed by atoms with Gasteiger partial charge in [-0.3, -0.25) is 0 Å².